The van der Waals surface area contributed by atoms with E-state index in [9.17, 15) is 5.11 Å². The predicted molar refractivity (Wildman–Crippen MR) is 93.7 cm³/mol. The summed E-state index contributed by atoms with van der Waals surface area (Å²) in [5, 5.41) is 15.5. The van der Waals surface area contributed by atoms with Crippen LogP contribution in [-0.2, 0) is 0 Å². The molecule has 3 aromatic rings. The molecule has 2 aromatic heterocycles. The van der Waals surface area contributed by atoms with Crippen molar-refractivity contribution in [3.05, 3.63) is 29.5 Å². The molecule has 1 saturated heterocycles. The summed E-state index contributed by atoms with van der Waals surface area (Å²) in [5.74, 6) is 0.511. The van der Waals surface area contributed by atoms with Gasteiger partial charge in [0, 0.05) is 17.0 Å². The van der Waals surface area contributed by atoms with Gasteiger partial charge in [-0.15, -0.1) is 0 Å². The minimum absolute atomic E-state index is 0.0684. The van der Waals surface area contributed by atoms with Gasteiger partial charge >= 0.3 is 0 Å². The Bertz CT molecular complexity index is 895. The van der Waals surface area contributed by atoms with Gasteiger partial charge < -0.3 is 19.7 Å². The number of nitrogens with zero attached hydrogens (tertiary/aromatic N) is 3. The van der Waals surface area contributed by atoms with Gasteiger partial charge in [0.25, 0.3) is 0 Å². The fraction of sp³-hybridized carbons (Fsp3) is 0.412. The van der Waals surface area contributed by atoms with E-state index in [1.807, 2.05) is 18.2 Å². The molecular formula is C17H19ClN4O2. The van der Waals surface area contributed by atoms with Gasteiger partial charge in [-0.1, -0.05) is 11.6 Å². The second kappa shape index (κ2) is 6.20. The molecule has 0 saturated carbocycles. The quantitative estimate of drug-likeness (QED) is 0.746. The summed E-state index contributed by atoms with van der Waals surface area (Å²) >= 11 is 6.20. The number of methoxy groups -OCH3 is 1. The molecule has 0 aliphatic carbocycles. The first kappa shape index (κ1) is 15.6. The Morgan fingerprint density at radius 1 is 1.38 bits per heavy atom. The van der Waals surface area contributed by atoms with E-state index in [1.54, 1.807) is 7.11 Å². The molecule has 1 aliphatic heterocycles. The average Bonchev–Trinajstić information content (AvgIpc) is 2.75. The van der Waals surface area contributed by atoms with Crippen LogP contribution in [0.4, 0.5) is 0 Å². The normalized spacial score (nSPS) is 22.0. The fourth-order valence-electron chi connectivity index (χ4n) is 3.61. The van der Waals surface area contributed by atoms with Gasteiger partial charge in [0.05, 0.1) is 24.8 Å². The zero-order valence-corrected chi connectivity index (χ0v) is 14.1. The molecule has 3 heterocycles. The highest BCUT2D eigenvalue weighted by atomic mass is 35.5. The topological polar surface area (TPSA) is 72.2 Å². The Hall–Kier alpha value is -1.89. The van der Waals surface area contributed by atoms with Gasteiger partial charge in [0.15, 0.2) is 0 Å². The van der Waals surface area contributed by atoms with Crippen LogP contribution in [0.1, 0.15) is 18.9 Å². The third-order valence-corrected chi connectivity index (χ3v) is 4.91. The molecule has 4 rings (SSSR count). The molecule has 0 unspecified atom stereocenters. The molecule has 2 N–H and O–H groups in total. The molecule has 126 valence electrons. The molecule has 0 amide bonds. The summed E-state index contributed by atoms with van der Waals surface area (Å²) < 4.78 is 7.61. The fourth-order valence-corrected chi connectivity index (χ4v) is 3.79. The summed E-state index contributed by atoms with van der Waals surface area (Å²) in [4.78, 5) is 8.72. The lowest BCUT2D eigenvalue weighted by Crippen LogP contribution is -2.31. The number of β-amino-alcohol motifs (C(OH)–C–C–N with tert-alkyl or cyclic N) is 1. The van der Waals surface area contributed by atoms with Crippen molar-refractivity contribution in [1.82, 2.24) is 19.9 Å². The van der Waals surface area contributed by atoms with Crippen molar-refractivity contribution in [3.63, 3.8) is 0 Å². The molecule has 6 nitrogen and oxygen atoms in total. The standard InChI is InChI=1S/C17H19ClN4O2/c1-24-17-16-15(20-9-21-17)11-7-10(18)4-5-12(11)22(16)13-3-2-6-19-8-14(13)23/h4-5,7,9,13-14,19,23H,2-3,6,8H2,1H3/t13-,14-/m1/s1. The minimum atomic E-state index is -0.494. The summed E-state index contributed by atoms with van der Waals surface area (Å²) in [6.45, 7) is 1.47. The molecule has 1 aromatic carbocycles. The number of hydrogen-bond acceptors (Lipinski definition) is 5. The lowest BCUT2D eigenvalue weighted by atomic mass is 10.1. The number of benzene rings is 1. The number of aromatic nitrogens is 3. The highest BCUT2D eigenvalue weighted by Gasteiger charge is 2.28. The van der Waals surface area contributed by atoms with Gasteiger partial charge in [-0.05, 0) is 37.6 Å². The van der Waals surface area contributed by atoms with Crippen LogP contribution in [0.5, 0.6) is 5.88 Å². The number of halogens is 1. The Balaban J connectivity index is 2.07. The van der Waals surface area contributed by atoms with E-state index < -0.39 is 6.10 Å². The molecule has 1 fully saturated rings. The van der Waals surface area contributed by atoms with E-state index in [0.717, 1.165) is 41.3 Å². The van der Waals surface area contributed by atoms with Crippen LogP contribution in [0.15, 0.2) is 24.5 Å². The van der Waals surface area contributed by atoms with Crippen LogP contribution in [0, 0.1) is 0 Å². The summed E-state index contributed by atoms with van der Waals surface area (Å²) in [5.41, 5.74) is 2.59. The number of aliphatic hydroxyl groups excluding tert-OH is 1. The van der Waals surface area contributed by atoms with E-state index in [-0.39, 0.29) is 6.04 Å². The first-order valence-electron chi connectivity index (χ1n) is 8.07. The second-order valence-corrected chi connectivity index (χ2v) is 6.53. The Morgan fingerprint density at radius 2 is 2.25 bits per heavy atom. The van der Waals surface area contributed by atoms with Crippen molar-refractivity contribution in [2.45, 2.75) is 25.0 Å². The summed E-state index contributed by atoms with van der Waals surface area (Å²) in [6, 6.07) is 5.68. The van der Waals surface area contributed by atoms with Crippen LogP contribution < -0.4 is 10.1 Å². The van der Waals surface area contributed by atoms with Crippen molar-refractivity contribution in [2.24, 2.45) is 0 Å². The van der Waals surface area contributed by atoms with E-state index in [2.05, 4.69) is 19.9 Å². The number of hydrogen-bond donors (Lipinski definition) is 2. The van der Waals surface area contributed by atoms with E-state index in [1.165, 1.54) is 6.33 Å². The maximum absolute atomic E-state index is 10.7. The van der Waals surface area contributed by atoms with Gasteiger partial charge in [0.2, 0.25) is 5.88 Å². The van der Waals surface area contributed by atoms with E-state index in [0.29, 0.717) is 17.4 Å². The number of nitrogens with one attached hydrogen (secondary N) is 1. The van der Waals surface area contributed by atoms with Crippen LogP contribution in [0.25, 0.3) is 21.9 Å². The van der Waals surface area contributed by atoms with Gasteiger partial charge in [-0.25, -0.2) is 4.98 Å². The van der Waals surface area contributed by atoms with Gasteiger partial charge in [0.1, 0.15) is 17.4 Å². The summed E-state index contributed by atoms with van der Waals surface area (Å²) in [7, 11) is 1.60. The van der Waals surface area contributed by atoms with Crippen molar-refractivity contribution in [3.8, 4) is 5.88 Å². The second-order valence-electron chi connectivity index (χ2n) is 6.09. The van der Waals surface area contributed by atoms with Crippen molar-refractivity contribution in [2.75, 3.05) is 20.2 Å². The molecule has 24 heavy (non-hydrogen) atoms. The Kier molecular flexibility index (Phi) is 4.04. The SMILES string of the molecule is COc1ncnc2c3cc(Cl)ccc3n([C@@H]3CCCNC[C@H]3O)c12. The van der Waals surface area contributed by atoms with Crippen molar-refractivity contribution >= 4 is 33.5 Å². The molecule has 2 atom stereocenters. The third-order valence-electron chi connectivity index (χ3n) is 4.68. The smallest absolute Gasteiger partial charge is 0.241 e. The number of rotatable bonds is 2. The molecule has 7 heteroatoms. The largest absolute Gasteiger partial charge is 0.479 e. The predicted octanol–water partition coefficient (Wildman–Crippen LogP) is 2.53. The number of ether oxygens (including phenoxy) is 1. The zero-order chi connectivity index (χ0) is 16.7. The lowest BCUT2D eigenvalue weighted by Gasteiger charge is -2.24. The number of aliphatic hydroxyl groups is 1. The molecule has 0 spiro atoms. The first-order chi connectivity index (χ1) is 11.7. The van der Waals surface area contributed by atoms with E-state index in [4.69, 9.17) is 16.3 Å². The van der Waals surface area contributed by atoms with Gasteiger partial charge in [-0.3, -0.25) is 0 Å². The van der Waals surface area contributed by atoms with Crippen LogP contribution in [0.2, 0.25) is 5.02 Å². The number of fused-ring (bicyclic) bond motifs is 3. The highest BCUT2D eigenvalue weighted by Crippen LogP contribution is 2.38. The average molecular weight is 347 g/mol. The monoisotopic (exact) mass is 346 g/mol. The van der Waals surface area contributed by atoms with Crippen LogP contribution in [0.3, 0.4) is 0 Å². The molecular weight excluding hydrogens is 328 g/mol. The maximum atomic E-state index is 10.7. The first-order valence-corrected chi connectivity index (χ1v) is 8.45. The van der Waals surface area contributed by atoms with Crippen LogP contribution >= 0.6 is 11.6 Å². The van der Waals surface area contributed by atoms with Gasteiger partial charge in [-0.2, -0.15) is 4.98 Å². The minimum Gasteiger partial charge on any atom is -0.479 e. The van der Waals surface area contributed by atoms with Crippen molar-refractivity contribution in [1.29, 1.82) is 0 Å². The summed E-state index contributed by atoms with van der Waals surface area (Å²) in [6.07, 6.45) is 2.86. The third kappa shape index (κ3) is 2.42. The van der Waals surface area contributed by atoms with Crippen molar-refractivity contribution < 1.29 is 9.84 Å². The van der Waals surface area contributed by atoms with Crippen LogP contribution in [-0.4, -0.2) is 45.9 Å². The molecule has 0 radical (unpaired) electrons. The zero-order valence-electron chi connectivity index (χ0n) is 13.4. The molecule has 0 bridgehead atoms. The highest BCUT2D eigenvalue weighted by molar-refractivity contribution is 6.31. The Morgan fingerprint density at radius 3 is 3.08 bits per heavy atom. The molecule has 1 aliphatic rings. The van der Waals surface area contributed by atoms with E-state index >= 15 is 0 Å². The lowest BCUT2D eigenvalue weighted by molar-refractivity contribution is 0.119. The maximum Gasteiger partial charge on any atom is 0.241 e. The Labute approximate surface area is 144 Å².